The standard InChI is InChI=1S/C57H41N/c1-57(2)55-23-8-7-19-53(55)54-22-11-21-52(56(54)57)41-28-32-46(33-29-41)58(47-34-35-51-44(37-47)25-24-40-13-4-6-18-49(40)51)45-30-26-38(27-31-45)42-15-9-16-43(36-42)50-20-10-14-39-12-3-5-17-48(39)50/h3-37H,1-2H3. The highest BCUT2D eigenvalue weighted by Crippen LogP contribution is 2.52. The van der Waals surface area contributed by atoms with Crippen LogP contribution in [0.2, 0.25) is 0 Å². The summed E-state index contributed by atoms with van der Waals surface area (Å²) in [5.41, 5.74) is 16.1. The smallest absolute Gasteiger partial charge is 0.0468 e. The van der Waals surface area contributed by atoms with E-state index in [1.54, 1.807) is 0 Å². The quantitative estimate of drug-likeness (QED) is 0.154. The maximum Gasteiger partial charge on any atom is 0.0468 e. The molecule has 1 nitrogen and oxygen atoms in total. The molecule has 58 heavy (non-hydrogen) atoms. The van der Waals surface area contributed by atoms with Crippen molar-refractivity contribution in [3.05, 3.63) is 223 Å². The number of hydrogen-bond donors (Lipinski definition) is 0. The van der Waals surface area contributed by atoms with E-state index in [4.69, 9.17) is 0 Å². The predicted octanol–water partition coefficient (Wildman–Crippen LogP) is 15.9. The molecule has 10 aromatic rings. The molecule has 0 amide bonds. The van der Waals surface area contributed by atoms with Gasteiger partial charge in [0.1, 0.15) is 0 Å². The molecule has 0 saturated heterocycles. The Morgan fingerprint density at radius 2 is 0.845 bits per heavy atom. The van der Waals surface area contributed by atoms with Crippen LogP contribution < -0.4 is 4.90 Å². The summed E-state index contributed by atoms with van der Waals surface area (Å²) in [6, 6.07) is 78.1. The van der Waals surface area contributed by atoms with Crippen LogP contribution in [0.1, 0.15) is 25.0 Å². The van der Waals surface area contributed by atoms with E-state index >= 15 is 0 Å². The molecule has 0 aliphatic heterocycles. The molecular formula is C57H41N. The number of rotatable bonds is 6. The molecule has 0 N–H and O–H groups in total. The second-order valence-corrected chi connectivity index (χ2v) is 16.1. The van der Waals surface area contributed by atoms with Gasteiger partial charge >= 0.3 is 0 Å². The minimum Gasteiger partial charge on any atom is -0.310 e. The molecule has 0 fully saturated rings. The molecule has 0 radical (unpaired) electrons. The number of benzene rings is 10. The molecule has 274 valence electrons. The van der Waals surface area contributed by atoms with Gasteiger partial charge in [0.05, 0.1) is 0 Å². The van der Waals surface area contributed by atoms with Crippen molar-refractivity contribution in [1.82, 2.24) is 0 Å². The average Bonchev–Trinajstić information content (AvgIpc) is 3.52. The molecule has 0 heterocycles. The normalized spacial score (nSPS) is 12.8. The molecule has 1 aliphatic rings. The summed E-state index contributed by atoms with van der Waals surface area (Å²) in [6.45, 7) is 4.73. The Morgan fingerprint density at radius 3 is 1.66 bits per heavy atom. The van der Waals surface area contributed by atoms with Gasteiger partial charge in [-0.1, -0.05) is 184 Å². The summed E-state index contributed by atoms with van der Waals surface area (Å²) in [7, 11) is 0. The topological polar surface area (TPSA) is 3.24 Å². The van der Waals surface area contributed by atoms with Crippen LogP contribution in [0.5, 0.6) is 0 Å². The van der Waals surface area contributed by atoms with Crippen molar-refractivity contribution in [3.8, 4) is 44.5 Å². The molecule has 0 spiro atoms. The lowest BCUT2D eigenvalue weighted by Crippen LogP contribution is -2.16. The Kier molecular flexibility index (Phi) is 7.91. The van der Waals surface area contributed by atoms with E-state index in [-0.39, 0.29) is 5.41 Å². The fourth-order valence-electron chi connectivity index (χ4n) is 9.61. The fourth-order valence-corrected chi connectivity index (χ4v) is 9.61. The van der Waals surface area contributed by atoms with Gasteiger partial charge in [0, 0.05) is 22.5 Å². The summed E-state index contributed by atoms with van der Waals surface area (Å²) >= 11 is 0. The van der Waals surface area contributed by atoms with Crippen LogP contribution in [-0.4, -0.2) is 0 Å². The van der Waals surface area contributed by atoms with Crippen LogP contribution in [0.25, 0.3) is 76.8 Å². The summed E-state index contributed by atoms with van der Waals surface area (Å²) in [6.07, 6.45) is 0. The van der Waals surface area contributed by atoms with Gasteiger partial charge < -0.3 is 4.90 Å². The van der Waals surface area contributed by atoms with Crippen LogP contribution >= 0.6 is 0 Å². The highest BCUT2D eigenvalue weighted by molar-refractivity contribution is 6.08. The van der Waals surface area contributed by atoms with E-state index in [2.05, 4.69) is 231 Å². The van der Waals surface area contributed by atoms with Crippen molar-refractivity contribution < 1.29 is 0 Å². The second kappa shape index (κ2) is 13.5. The van der Waals surface area contributed by atoms with E-state index in [9.17, 15) is 0 Å². The van der Waals surface area contributed by atoms with Crippen LogP contribution in [0.15, 0.2) is 212 Å². The Hall–Kier alpha value is -7.22. The van der Waals surface area contributed by atoms with Gasteiger partial charge in [-0.15, -0.1) is 0 Å². The van der Waals surface area contributed by atoms with E-state index in [1.807, 2.05) is 0 Å². The maximum absolute atomic E-state index is 2.39. The monoisotopic (exact) mass is 739 g/mol. The van der Waals surface area contributed by atoms with Gasteiger partial charge in [0.15, 0.2) is 0 Å². The zero-order chi connectivity index (χ0) is 38.8. The Morgan fingerprint density at radius 1 is 0.310 bits per heavy atom. The molecule has 1 aliphatic carbocycles. The van der Waals surface area contributed by atoms with Gasteiger partial charge in [0.2, 0.25) is 0 Å². The zero-order valence-corrected chi connectivity index (χ0v) is 32.7. The van der Waals surface area contributed by atoms with Crippen molar-refractivity contribution in [2.24, 2.45) is 0 Å². The van der Waals surface area contributed by atoms with Crippen LogP contribution in [-0.2, 0) is 5.41 Å². The van der Waals surface area contributed by atoms with E-state index in [1.165, 1.54) is 88.0 Å². The average molecular weight is 740 g/mol. The third kappa shape index (κ3) is 5.54. The van der Waals surface area contributed by atoms with Crippen LogP contribution in [0, 0.1) is 0 Å². The highest BCUT2D eigenvalue weighted by Gasteiger charge is 2.37. The highest BCUT2D eigenvalue weighted by atomic mass is 15.1. The summed E-state index contributed by atoms with van der Waals surface area (Å²) in [5.74, 6) is 0. The maximum atomic E-state index is 2.39. The molecule has 0 unspecified atom stereocenters. The zero-order valence-electron chi connectivity index (χ0n) is 32.7. The minimum absolute atomic E-state index is 0.0847. The first-order valence-electron chi connectivity index (χ1n) is 20.3. The van der Waals surface area contributed by atoms with E-state index < -0.39 is 0 Å². The van der Waals surface area contributed by atoms with Crippen molar-refractivity contribution in [2.45, 2.75) is 19.3 Å². The van der Waals surface area contributed by atoms with Crippen LogP contribution in [0.4, 0.5) is 17.1 Å². The van der Waals surface area contributed by atoms with Gasteiger partial charge in [-0.05, 0) is 130 Å². The first-order chi connectivity index (χ1) is 28.5. The molecule has 0 atom stereocenters. The largest absolute Gasteiger partial charge is 0.310 e. The SMILES string of the molecule is CC1(C)c2ccccc2-c2cccc(-c3ccc(N(c4ccc(-c5cccc(-c6cccc7ccccc67)c5)cc4)c4ccc5c(ccc6ccccc65)c4)cc3)c21. The molecule has 0 bridgehead atoms. The summed E-state index contributed by atoms with van der Waals surface area (Å²) in [4.78, 5) is 2.39. The Labute approximate surface area is 340 Å². The van der Waals surface area contributed by atoms with Gasteiger partial charge in [-0.3, -0.25) is 0 Å². The molecule has 11 rings (SSSR count). The molecule has 0 saturated carbocycles. The van der Waals surface area contributed by atoms with Crippen molar-refractivity contribution in [2.75, 3.05) is 4.90 Å². The first-order valence-corrected chi connectivity index (χ1v) is 20.3. The van der Waals surface area contributed by atoms with Gasteiger partial charge in [-0.2, -0.15) is 0 Å². The van der Waals surface area contributed by atoms with Crippen molar-refractivity contribution in [1.29, 1.82) is 0 Å². The van der Waals surface area contributed by atoms with E-state index in [0.717, 1.165) is 17.1 Å². The molecule has 10 aromatic carbocycles. The Bertz CT molecular complexity index is 3180. The third-order valence-corrected chi connectivity index (χ3v) is 12.4. The lowest BCUT2D eigenvalue weighted by atomic mass is 9.79. The molecule has 0 aromatic heterocycles. The molecular weight excluding hydrogens is 699 g/mol. The lowest BCUT2D eigenvalue weighted by molar-refractivity contribution is 0.662. The number of nitrogens with zero attached hydrogens (tertiary/aromatic N) is 1. The van der Waals surface area contributed by atoms with Crippen molar-refractivity contribution in [3.63, 3.8) is 0 Å². The van der Waals surface area contributed by atoms with Gasteiger partial charge in [-0.25, -0.2) is 0 Å². The number of hydrogen-bond acceptors (Lipinski definition) is 1. The Balaban J connectivity index is 0.998. The lowest BCUT2D eigenvalue weighted by Gasteiger charge is -2.27. The second-order valence-electron chi connectivity index (χ2n) is 16.1. The summed E-state index contributed by atoms with van der Waals surface area (Å²) in [5, 5.41) is 7.55. The minimum atomic E-state index is -0.0847. The molecule has 1 heteroatoms. The van der Waals surface area contributed by atoms with Crippen molar-refractivity contribution >= 4 is 49.4 Å². The first kappa shape index (κ1) is 34.1. The van der Waals surface area contributed by atoms with Gasteiger partial charge in [0.25, 0.3) is 0 Å². The van der Waals surface area contributed by atoms with E-state index in [0.29, 0.717) is 0 Å². The number of anilines is 3. The number of fused-ring (bicyclic) bond motifs is 7. The third-order valence-electron chi connectivity index (χ3n) is 12.4. The fraction of sp³-hybridized carbons (Fsp3) is 0.0526. The van der Waals surface area contributed by atoms with Crippen LogP contribution in [0.3, 0.4) is 0 Å². The summed E-state index contributed by atoms with van der Waals surface area (Å²) < 4.78 is 0. The predicted molar refractivity (Wildman–Crippen MR) is 248 cm³/mol.